The molecule has 0 spiro atoms. The van der Waals surface area contributed by atoms with Crippen molar-refractivity contribution in [1.29, 1.82) is 0 Å². The van der Waals surface area contributed by atoms with Gasteiger partial charge in [-0.25, -0.2) is 0 Å². The fourth-order valence-electron chi connectivity index (χ4n) is 1.18. The van der Waals surface area contributed by atoms with E-state index in [9.17, 15) is 10.1 Å². The standard InChI is InChI=1S/C9H11BrN2O2/c1-11(2)8-4-3-7(6-10)5-9(8)12(13)14/h3-5H,6H2,1-2H3. The highest BCUT2D eigenvalue weighted by atomic mass is 79.9. The molecule has 0 unspecified atom stereocenters. The second kappa shape index (κ2) is 4.41. The number of benzene rings is 1. The molecule has 0 N–H and O–H groups in total. The van der Waals surface area contributed by atoms with Gasteiger partial charge in [-0.05, 0) is 11.6 Å². The molecule has 0 amide bonds. The number of nitro groups is 1. The molecule has 0 saturated carbocycles. The molecule has 0 radical (unpaired) electrons. The number of anilines is 1. The molecular formula is C9H11BrN2O2. The maximum atomic E-state index is 10.8. The van der Waals surface area contributed by atoms with E-state index in [4.69, 9.17) is 0 Å². The summed E-state index contributed by atoms with van der Waals surface area (Å²) in [7, 11) is 3.58. The Morgan fingerprint density at radius 3 is 2.57 bits per heavy atom. The van der Waals surface area contributed by atoms with Crippen LogP contribution in [0.2, 0.25) is 0 Å². The number of rotatable bonds is 3. The number of hydrogen-bond acceptors (Lipinski definition) is 3. The Morgan fingerprint density at radius 1 is 1.50 bits per heavy atom. The van der Waals surface area contributed by atoms with E-state index in [0.29, 0.717) is 11.0 Å². The van der Waals surface area contributed by atoms with E-state index in [2.05, 4.69) is 15.9 Å². The van der Waals surface area contributed by atoms with E-state index >= 15 is 0 Å². The molecule has 0 aliphatic carbocycles. The van der Waals surface area contributed by atoms with E-state index < -0.39 is 0 Å². The molecule has 0 heterocycles. The SMILES string of the molecule is CN(C)c1ccc(CBr)cc1[N+](=O)[O-]. The lowest BCUT2D eigenvalue weighted by Crippen LogP contribution is -2.11. The summed E-state index contributed by atoms with van der Waals surface area (Å²) in [5.41, 5.74) is 1.67. The van der Waals surface area contributed by atoms with Gasteiger partial charge in [0.1, 0.15) is 5.69 Å². The zero-order chi connectivity index (χ0) is 10.7. The molecule has 4 nitrogen and oxygen atoms in total. The van der Waals surface area contributed by atoms with Gasteiger partial charge in [0.05, 0.1) is 4.92 Å². The normalized spacial score (nSPS) is 9.93. The maximum Gasteiger partial charge on any atom is 0.292 e. The molecule has 0 saturated heterocycles. The first-order valence-corrected chi connectivity index (χ1v) is 5.19. The molecule has 0 bridgehead atoms. The zero-order valence-electron chi connectivity index (χ0n) is 8.03. The first kappa shape index (κ1) is 11.0. The average Bonchev–Trinajstić information content (AvgIpc) is 2.16. The Kier molecular flexibility index (Phi) is 3.46. The average molecular weight is 259 g/mol. The molecule has 1 aromatic carbocycles. The predicted molar refractivity (Wildman–Crippen MR) is 60.1 cm³/mol. The van der Waals surface area contributed by atoms with Crippen molar-refractivity contribution in [2.24, 2.45) is 0 Å². The van der Waals surface area contributed by atoms with E-state index in [1.807, 2.05) is 6.07 Å². The first-order chi connectivity index (χ1) is 6.56. The monoisotopic (exact) mass is 258 g/mol. The Labute approximate surface area is 90.8 Å². The van der Waals surface area contributed by atoms with Crippen LogP contribution in [0.3, 0.4) is 0 Å². The van der Waals surface area contributed by atoms with Crippen molar-refractivity contribution < 1.29 is 4.92 Å². The van der Waals surface area contributed by atoms with Crippen LogP contribution in [0.5, 0.6) is 0 Å². The van der Waals surface area contributed by atoms with Gasteiger partial charge in [-0.3, -0.25) is 10.1 Å². The van der Waals surface area contributed by atoms with Crippen molar-refractivity contribution in [3.05, 3.63) is 33.9 Å². The van der Waals surface area contributed by atoms with Crippen molar-refractivity contribution in [2.75, 3.05) is 19.0 Å². The van der Waals surface area contributed by atoms with E-state index in [0.717, 1.165) is 5.56 Å². The molecule has 0 aliphatic heterocycles. The molecule has 0 atom stereocenters. The predicted octanol–water partition coefficient (Wildman–Crippen LogP) is 2.56. The van der Waals surface area contributed by atoms with Crippen LogP contribution < -0.4 is 4.90 Å². The van der Waals surface area contributed by atoms with Crippen LogP contribution in [-0.2, 0) is 5.33 Å². The summed E-state index contributed by atoms with van der Waals surface area (Å²) in [5, 5.41) is 11.4. The zero-order valence-corrected chi connectivity index (χ0v) is 9.61. The highest BCUT2D eigenvalue weighted by Gasteiger charge is 2.15. The number of alkyl halides is 1. The van der Waals surface area contributed by atoms with Gasteiger partial charge in [0.2, 0.25) is 0 Å². The second-order valence-electron chi connectivity index (χ2n) is 3.11. The van der Waals surface area contributed by atoms with Crippen LogP contribution in [0.25, 0.3) is 0 Å². The molecule has 1 rings (SSSR count). The van der Waals surface area contributed by atoms with Crippen molar-refractivity contribution in [3.8, 4) is 0 Å². The van der Waals surface area contributed by atoms with Crippen LogP contribution in [0.1, 0.15) is 5.56 Å². The minimum absolute atomic E-state index is 0.145. The van der Waals surface area contributed by atoms with Crippen LogP contribution >= 0.6 is 15.9 Å². The third kappa shape index (κ3) is 2.23. The van der Waals surface area contributed by atoms with Crippen molar-refractivity contribution >= 4 is 27.3 Å². The fourth-order valence-corrected chi connectivity index (χ4v) is 1.53. The lowest BCUT2D eigenvalue weighted by Gasteiger charge is -2.12. The summed E-state index contributed by atoms with van der Waals surface area (Å²) >= 11 is 3.27. The molecule has 1 aromatic rings. The quantitative estimate of drug-likeness (QED) is 0.476. The largest absolute Gasteiger partial charge is 0.372 e. The van der Waals surface area contributed by atoms with Crippen molar-refractivity contribution in [3.63, 3.8) is 0 Å². The molecular weight excluding hydrogens is 248 g/mol. The lowest BCUT2D eigenvalue weighted by atomic mass is 10.2. The topological polar surface area (TPSA) is 46.4 Å². The van der Waals surface area contributed by atoms with Gasteiger partial charge in [0.15, 0.2) is 0 Å². The minimum atomic E-state index is -0.360. The van der Waals surface area contributed by atoms with Gasteiger partial charge in [-0.15, -0.1) is 0 Å². The van der Waals surface area contributed by atoms with Gasteiger partial charge in [-0.1, -0.05) is 22.0 Å². The molecule has 0 aromatic heterocycles. The molecule has 0 aliphatic rings. The smallest absolute Gasteiger partial charge is 0.292 e. The second-order valence-corrected chi connectivity index (χ2v) is 3.67. The minimum Gasteiger partial charge on any atom is -0.372 e. The fraction of sp³-hybridized carbons (Fsp3) is 0.333. The summed E-state index contributed by atoms with van der Waals surface area (Å²) < 4.78 is 0. The molecule has 76 valence electrons. The number of hydrogen-bond donors (Lipinski definition) is 0. The van der Waals surface area contributed by atoms with Crippen LogP contribution in [0.4, 0.5) is 11.4 Å². The molecule has 5 heteroatoms. The van der Waals surface area contributed by atoms with E-state index in [1.54, 1.807) is 31.1 Å². The Balaban J connectivity index is 3.24. The number of nitrogens with zero attached hydrogens (tertiary/aromatic N) is 2. The lowest BCUT2D eigenvalue weighted by molar-refractivity contribution is -0.384. The Morgan fingerprint density at radius 2 is 2.14 bits per heavy atom. The van der Waals surface area contributed by atoms with Gasteiger partial charge in [0.25, 0.3) is 5.69 Å². The molecule has 0 fully saturated rings. The van der Waals surface area contributed by atoms with Crippen LogP contribution in [0.15, 0.2) is 18.2 Å². The van der Waals surface area contributed by atoms with E-state index in [1.165, 1.54) is 0 Å². The third-order valence-corrected chi connectivity index (χ3v) is 2.52. The van der Waals surface area contributed by atoms with E-state index in [-0.39, 0.29) is 10.6 Å². The van der Waals surface area contributed by atoms with Crippen LogP contribution in [0, 0.1) is 10.1 Å². The van der Waals surface area contributed by atoms with Crippen molar-refractivity contribution in [1.82, 2.24) is 0 Å². The van der Waals surface area contributed by atoms with Crippen molar-refractivity contribution in [2.45, 2.75) is 5.33 Å². The number of halogens is 1. The van der Waals surface area contributed by atoms with Gasteiger partial charge < -0.3 is 4.90 Å². The summed E-state index contributed by atoms with van der Waals surface area (Å²) in [4.78, 5) is 12.1. The summed E-state index contributed by atoms with van der Waals surface area (Å²) in [6.45, 7) is 0. The highest BCUT2D eigenvalue weighted by molar-refractivity contribution is 9.08. The molecule has 14 heavy (non-hydrogen) atoms. The summed E-state index contributed by atoms with van der Waals surface area (Å²) in [6.07, 6.45) is 0. The van der Waals surface area contributed by atoms with Gasteiger partial charge >= 0.3 is 0 Å². The van der Waals surface area contributed by atoms with Gasteiger partial charge in [0, 0.05) is 25.5 Å². The Bertz CT molecular complexity index is 353. The summed E-state index contributed by atoms with van der Waals surface area (Å²) in [5.74, 6) is 0. The Hall–Kier alpha value is -1.10. The third-order valence-electron chi connectivity index (χ3n) is 1.87. The summed E-state index contributed by atoms with van der Waals surface area (Å²) in [6, 6.07) is 5.22. The first-order valence-electron chi connectivity index (χ1n) is 4.07. The van der Waals surface area contributed by atoms with Gasteiger partial charge in [-0.2, -0.15) is 0 Å². The number of nitro benzene ring substituents is 1. The van der Waals surface area contributed by atoms with Crippen LogP contribution in [-0.4, -0.2) is 19.0 Å². The maximum absolute atomic E-state index is 10.8. The highest BCUT2D eigenvalue weighted by Crippen LogP contribution is 2.28.